The molecule has 1 heterocycles. The Morgan fingerprint density at radius 2 is 1.45 bits per heavy atom. The van der Waals surface area contributed by atoms with Crippen molar-refractivity contribution in [3.8, 4) is 0 Å². The van der Waals surface area contributed by atoms with Gasteiger partial charge in [0.1, 0.15) is 0 Å². The molecule has 0 saturated carbocycles. The zero-order valence-electron chi connectivity index (χ0n) is 5.74. The van der Waals surface area contributed by atoms with Crippen molar-refractivity contribution in [2.75, 3.05) is 0 Å². The van der Waals surface area contributed by atoms with Crippen molar-refractivity contribution >= 4 is 18.2 Å². The molecule has 0 bridgehead atoms. The second-order valence-electron chi connectivity index (χ2n) is 1.07. The summed E-state index contributed by atoms with van der Waals surface area (Å²) >= 11 is 1.44. The van der Waals surface area contributed by atoms with Gasteiger partial charge in [0.15, 0.2) is 0 Å². The van der Waals surface area contributed by atoms with Crippen LogP contribution in [0.2, 0.25) is 0 Å². The van der Waals surface area contributed by atoms with E-state index in [0.717, 1.165) is 0 Å². The fourth-order valence-electron chi connectivity index (χ4n) is 0.300. The lowest BCUT2D eigenvalue weighted by Gasteiger charge is -1.70. The number of allylic oxidation sites excluding steroid dienone is 3. The lowest BCUT2D eigenvalue weighted by molar-refractivity contribution is 0.823. The second-order valence-corrected chi connectivity index (χ2v) is 1.77. The van der Waals surface area contributed by atoms with E-state index in [1.165, 1.54) is 11.9 Å². The molecule has 0 radical (unpaired) electrons. The maximum Gasteiger partial charge on any atom is 0.0355 e. The van der Waals surface area contributed by atoms with Gasteiger partial charge in [-0.2, -0.15) is 0 Å². The van der Waals surface area contributed by atoms with E-state index in [0.29, 0.717) is 0 Å². The Morgan fingerprint density at radius 1 is 0.818 bits per heavy atom. The molecule has 0 saturated heterocycles. The predicted molar refractivity (Wildman–Crippen MR) is 48.8 cm³/mol. The molecule has 1 rings (SSSR count). The van der Waals surface area contributed by atoms with E-state index in [1.807, 2.05) is 23.6 Å². The van der Waals surface area contributed by atoms with Gasteiger partial charge in [0.25, 0.3) is 0 Å². The standard InChI is InChI=1S/C5H5NS.4H2O/c1-2-4-6-7-5-3-1;;;;/h1-5H;4*1H2. The molecule has 0 spiro atoms. The minimum Gasteiger partial charge on any atom is -0.412 e. The Hall–Kier alpha value is -0.660. The molecule has 1 aliphatic rings. The molecule has 6 heteroatoms. The van der Waals surface area contributed by atoms with E-state index in [-0.39, 0.29) is 21.9 Å². The fraction of sp³-hybridized carbons (Fsp3) is 0. The molecule has 0 atom stereocenters. The smallest absolute Gasteiger partial charge is 0.0355 e. The van der Waals surface area contributed by atoms with Crippen molar-refractivity contribution < 1.29 is 21.9 Å². The number of hydrogen-bond donors (Lipinski definition) is 0. The lowest BCUT2D eigenvalue weighted by Crippen LogP contribution is -1.51. The normalized spacial score (nSPS) is 10.9. The van der Waals surface area contributed by atoms with Crippen LogP contribution in [0.3, 0.4) is 0 Å². The molecule has 68 valence electrons. The highest BCUT2D eigenvalue weighted by atomic mass is 32.2. The third-order valence-electron chi connectivity index (χ3n) is 0.569. The van der Waals surface area contributed by atoms with Crippen molar-refractivity contribution in [2.45, 2.75) is 0 Å². The first-order valence-corrected chi connectivity index (χ1v) is 2.85. The Kier molecular flexibility index (Phi) is 33.0. The summed E-state index contributed by atoms with van der Waals surface area (Å²) < 4.78 is 3.89. The SMILES string of the molecule is C1=CC=NSC=C1.O.O.O.O. The van der Waals surface area contributed by atoms with Crippen LogP contribution in [-0.4, -0.2) is 28.1 Å². The largest absolute Gasteiger partial charge is 0.412 e. The zero-order chi connectivity index (χ0) is 4.95. The molecule has 11 heavy (non-hydrogen) atoms. The Morgan fingerprint density at radius 3 is 2.09 bits per heavy atom. The van der Waals surface area contributed by atoms with Crippen molar-refractivity contribution in [1.82, 2.24) is 0 Å². The maximum absolute atomic E-state index is 3.89. The summed E-state index contributed by atoms with van der Waals surface area (Å²) in [6.07, 6.45) is 7.57. The Bertz CT molecular complexity index is 120. The molecule has 0 aromatic rings. The lowest BCUT2D eigenvalue weighted by atomic mass is 10.5. The highest BCUT2D eigenvalue weighted by Crippen LogP contribution is 2.03. The van der Waals surface area contributed by atoms with Gasteiger partial charge in [-0.25, -0.2) is 4.40 Å². The number of rotatable bonds is 0. The van der Waals surface area contributed by atoms with Crippen molar-refractivity contribution in [2.24, 2.45) is 4.40 Å². The van der Waals surface area contributed by atoms with E-state index in [9.17, 15) is 0 Å². The number of hydrogen-bond acceptors (Lipinski definition) is 2. The highest BCUT2D eigenvalue weighted by Gasteiger charge is 1.71. The fourth-order valence-corrected chi connectivity index (χ4v) is 0.672. The molecule has 0 aliphatic carbocycles. The first kappa shape index (κ1) is 22.4. The van der Waals surface area contributed by atoms with Crippen LogP contribution in [0, 0.1) is 0 Å². The summed E-state index contributed by atoms with van der Waals surface area (Å²) in [5.41, 5.74) is 0. The van der Waals surface area contributed by atoms with Gasteiger partial charge in [-0.1, -0.05) is 12.2 Å². The molecule has 0 unspecified atom stereocenters. The van der Waals surface area contributed by atoms with Gasteiger partial charge >= 0.3 is 0 Å². The van der Waals surface area contributed by atoms with Gasteiger partial charge in [-0.05, 0) is 11.5 Å². The molecular formula is C5H13NO4S. The van der Waals surface area contributed by atoms with Crippen LogP contribution in [0.15, 0.2) is 28.0 Å². The van der Waals surface area contributed by atoms with E-state index in [1.54, 1.807) is 6.21 Å². The second kappa shape index (κ2) is 16.2. The quantitative estimate of drug-likeness (QED) is 0.414. The van der Waals surface area contributed by atoms with Gasteiger partial charge < -0.3 is 21.9 Å². The summed E-state index contributed by atoms with van der Waals surface area (Å²) in [7, 11) is 0. The predicted octanol–water partition coefficient (Wildman–Crippen LogP) is -1.51. The molecule has 0 aromatic heterocycles. The van der Waals surface area contributed by atoms with Crippen molar-refractivity contribution in [1.29, 1.82) is 0 Å². The molecule has 1 aliphatic heterocycles. The number of nitrogens with zero attached hydrogens (tertiary/aromatic N) is 1. The van der Waals surface area contributed by atoms with Gasteiger partial charge in [0.2, 0.25) is 0 Å². The Balaban J connectivity index is -0.0000000612. The van der Waals surface area contributed by atoms with Crippen molar-refractivity contribution in [3.05, 3.63) is 23.6 Å². The minimum atomic E-state index is 0. The molecule has 8 N–H and O–H groups in total. The summed E-state index contributed by atoms with van der Waals surface area (Å²) in [6.45, 7) is 0. The van der Waals surface area contributed by atoms with Crippen molar-refractivity contribution in [3.63, 3.8) is 0 Å². The van der Waals surface area contributed by atoms with Crippen LogP contribution in [-0.2, 0) is 0 Å². The monoisotopic (exact) mass is 183 g/mol. The molecular weight excluding hydrogens is 170 g/mol. The Labute approximate surface area is 68.9 Å². The molecule has 0 amide bonds. The maximum atomic E-state index is 3.89. The summed E-state index contributed by atoms with van der Waals surface area (Å²) in [4.78, 5) is 0. The highest BCUT2D eigenvalue weighted by molar-refractivity contribution is 8.01. The van der Waals surface area contributed by atoms with Gasteiger partial charge in [-0.3, -0.25) is 0 Å². The molecule has 0 aromatic carbocycles. The first-order valence-electron chi connectivity index (χ1n) is 2.01. The van der Waals surface area contributed by atoms with E-state index in [4.69, 9.17) is 0 Å². The summed E-state index contributed by atoms with van der Waals surface area (Å²) in [6, 6.07) is 0. The first-order chi connectivity index (χ1) is 3.50. The average molecular weight is 183 g/mol. The van der Waals surface area contributed by atoms with E-state index < -0.39 is 0 Å². The third kappa shape index (κ3) is 12.5. The minimum absolute atomic E-state index is 0. The van der Waals surface area contributed by atoms with Crippen LogP contribution < -0.4 is 0 Å². The molecule has 0 fully saturated rings. The zero-order valence-corrected chi connectivity index (χ0v) is 6.56. The van der Waals surface area contributed by atoms with Crippen LogP contribution in [0.5, 0.6) is 0 Å². The topological polar surface area (TPSA) is 138 Å². The van der Waals surface area contributed by atoms with E-state index >= 15 is 0 Å². The van der Waals surface area contributed by atoms with Crippen LogP contribution in [0.4, 0.5) is 0 Å². The average Bonchev–Trinajstić information content (AvgIpc) is 1.90. The van der Waals surface area contributed by atoms with Crippen LogP contribution in [0.25, 0.3) is 0 Å². The van der Waals surface area contributed by atoms with Crippen LogP contribution in [0.1, 0.15) is 0 Å². The van der Waals surface area contributed by atoms with Gasteiger partial charge in [-0.15, -0.1) is 0 Å². The van der Waals surface area contributed by atoms with E-state index in [2.05, 4.69) is 4.40 Å². The van der Waals surface area contributed by atoms with Gasteiger partial charge in [0.05, 0.1) is 0 Å². The summed E-state index contributed by atoms with van der Waals surface area (Å²) in [5.74, 6) is 0. The summed E-state index contributed by atoms with van der Waals surface area (Å²) in [5, 5.41) is 1.93. The molecule has 5 nitrogen and oxygen atoms in total. The van der Waals surface area contributed by atoms with Crippen LogP contribution >= 0.6 is 11.9 Å². The third-order valence-corrected chi connectivity index (χ3v) is 1.09. The van der Waals surface area contributed by atoms with Gasteiger partial charge in [0, 0.05) is 18.2 Å².